The fourth-order valence-electron chi connectivity index (χ4n) is 3.80. The highest BCUT2D eigenvalue weighted by Gasteiger charge is 2.58. The standard InChI is InChI=1S/C17H22O5/c18-12(11-7-3-1-4-8-11)14-13(19)15-16(20-14)22-17(21-15)9-5-2-6-10-17/h1,3-4,7-8,12-16,18-19H,2,5-6,9-10H2/t12-,13-,14+,15+,16+/m0/s1. The zero-order chi connectivity index (χ0) is 15.2. The molecule has 0 amide bonds. The van der Waals surface area contributed by atoms with E-state index in [9.17, 15) is 10.2 Å². The molecule has 5 atom stereocenters. The summed E-state index contributed by atoms with van der Waals surface area (Å²) in [7, 11) is 0. The number of benzene rings is 1. The Morgan fingerprint density at radius 1 is 1.05 bits per heavy atom. The molecule has 1 spiro atoms. The normalized spacial score (nSPS) is 38.1. The van der Waals surface area contributed by atoms with Crippen molar-refractivity contribution in [3.05, 3.63) is 35.9 Å². The second-order valence-electron chi connectivity index (χ2n) is 6.49. The minimum absolute atomic E-state index is 0.513. The Morgan fingerprint density at radius 2 is 1.77 bits per heavy atom. The second-order valence-corrected chi connectivity index (χ2v) is 6.49. The van der Waals surface area contributed by atoms with Crippen LogP contribution in [0.25, 0.3) is 0 Å². The molecule has 3 fully saturated rings. The van der Waals surface area contributed by atoms with Gasteiger partial charge in [0, 0.05) is 12.8 Å². The largest absolute Gasteiger partial charge is 0.387 e. The molecule has 2 aliphatic heterocycles. The van der Waals surface area contributed by atoms with Crippen molar-refractivity contribution < 1.29 is 24.4 Å². The lowest BCUT2D eigenvalue weighted by atomic mass is 9.94. The third kappa shape index (κ3) is 2.37. The maximum Gasteiger partial charge on any atom is 0.190 e. The van der Waals surface area contributed by atoms with Crippen molar-refractivity contribution in [3.63, 3.8) is 0 Å². The molecule has 1 aromatic carbocycles. The van der Waals surface area contributed by atoms with Crippen molar-refractivity contribution in [2.24, 2.45) is 0 Å². The fraction of sp³-hybridized carbons (Fsp3) is 0.647. The van der Waals surface area contributed by atoms with Crippen LogP contribution in [0.1, 0.15) is 43.8 Å². The lowest BCUT2D eigenvalue weighted by Crippen LogP contribution is -2.40. The van der Waals surface area contributed by atoms with Gasteiger partial charge in [0.1, 0.15) is 24.4 Å². The Bertz CT molecular complexity index is 513. The minimum atomic E-state index is -0.892. The molecule has 4 rings (SSSR count). The Balaban J connectivity index is 1.48. The van der Waals surface area contributed by atoms with Crippen molar-refractivity contribution in [1.29, 1.82) is 0 Å². The van der Waals surface area contributed by atoms with Gasteiger partial charge in [-0.2, -0.15) is 0 Å². The summed E-state index contributed by atoms with van der Waals surface area (Å²) in [5.41, 5.74) is 0.721. The van der Waals surface area contributed by atoms with Gasteiger partial charge in [-0.05, 0) is 18.4 Å². The predicted octanol–water partition coefficient (Wildman–Crippen LogP) is 1.88. The van der Waals surface area contributed by atoms with E-state index in [2.05, 4.69) is 0 Å². The van der Waals surface area contributed by atoms with Crippen molar-refractivity contribution in [2.75, 3.05) is 0 Å². The maximum atomic E-state index is 10.5. The Labute approximate surface area is 129 Å². The number of aliphatic hydroxyl groups is 2. The van der Waals surface area contributed by atoms with Gasteiger partial charge in [0.25, 0.3) is 0 Å². The number of hydrogen-bond acceptors (Lipinski definition) is 5. The lowest BCUT2D eigenvalue weighted by molar-refractivity contribution is -0.253. The van der Waals surface area contributed by atoms with E-state index < -0.39 is 36.5 Å². The van der Waals surface area contributed by atoms with Crippen LogP contribution in [0, 0.1) is 0 Å². The molecule has 22 heavy (non-hydrogen) atoms. The van der Waals surface area contributed by atoms with Gasteiger partial charge in [-0.1, -0.05) is 36.8 Å². The van der Waals surface area contributed by atoms with Crippen LogP contribution in [0.15, 0.2) is 30.3 Å². The molecule has 2 N–H and O–H groups in total. The molecule has 2 heterocycles. The SMILES string of the molecule is O[C@@H]1[C@H]2OC3(CCCCC3)O[C@H]2O[C@@H]1[C@@H](O)c1ccccc1. The zero-order valence-electron chi connectivity index (χ0n) is 12.4. The van der Waals surface area contributed by atoms with Gasteiger partial charge in [-0.25, -0.2) is 0 Å². The monoisotopic (exact) mass is 306 g/mol. The molecule has 1 aliphatic carbocycles. The maximum absolute atomic E-state index is 10.5. The van der Waals surface area contributed by atoms with Gasteiger partial charge in [-0.15, -0.1) is 0 Å². The first kappa shape index (κ1) is 14.6. The molecule has 5 heteroatoms. The molecule has 1 saturated carbocycles. The quantitative estimate of drug-likeness (QED) is 0.873. The number of aliphatic hydroxyl groups excluding tert-OH is 2. The third-order valence-corrected chi connectivity index (χ3v) is 4.98. The van der Waals surface area contributed by atoms with Crippen molar-refractivity contribution >= 4 is 0 Å². The molecule has 0 bridgehead atoms. The van der Waals surface area contributed by atoms with Gasteiger partial charge in [0.15, 0.2) is 12.1 Å². The van der Waals surface area contributed by atoms with Crippen LogP contribution in [0.5, 0.6) is 0 Å². The van der Waals surface area contributed by atoms with Crippen LogP contribution >= 0.6 is 0 Å². The van der Waals surface area contributed by atoms with E-state index in [-0.39, 0.29) is 0 Å². The fourth-order valence-corrected chi connectivity index (χ4v) is 3.80. The summed E-state index contributed by atoms with van der Waals surface area (Å²) >= 11 is 0. The Kier molecular flexibility index (Phi) is 3.71. The number of ether oxygens (including phenoxy) is 3. The highest BCUT2D eigenvalue weighted by Crippen LogP contribution is 2.46. The van der Waals surface area contributed by atoms with Crippen molar-refractivity contribution in [2.45, 2.75) is 68.6 Å². The van der Waals surface area contributed by atoms with E-state index in [0.29, 0.717) is 0 Å². The second kappa shape index (κ2) is 5.58. The molecule has 5 nitrogen and oxygen atoms in total. The molecule has 0 aromatic heterocycles. The Hall–Kier alpha value is -0.980. The summed E-state index contributed by atoms with van der Waals surface area (Å²) in [4.78, 5) is 0. The minimum Gasteiger partial charge on any atom is -0.387 e. The summed E-state index contributed by atoms with van der Waals surface area (Å²) < 4.78 is 17.8. The van der Waals surface area contributed by atoms with Crippen LogP contribution in [0.2, 0.25) is 0 Å². The highest BCUT2D eigenvalue weighted by molar-refractivity contribution is 5.19. The average Bonchev–Trinajstić information content (AvgIpc) is 3.04. The van der Waals surface area contributed by atoms with E-state index in [4.69, 9.17) is 14.2 Å². The predicted molar refractivity (Wildman–Crippen MR) is 77.8 cm³/mol. The van der Waals surface area contributed by atoms with E-state index in [1.807, 2.05) is 30.3 Å². The van der Waals surface area contributed by atoms with Crippen molar-refractivity contribution in [1.82, 2.24) is 0 Å². The molecule has 120 valence electrons. The molecule has 0 unspecified atom stereocenters. The van der Waals surface area contributed by atoms with Crippen LogP contribution in [0.3, 0.4) is 0 Å². The molecule has 3 aliphatic rings. The van der Waals surface area contributed by atoms with Crippen LogP contribution in [0.4, 0.5) is 0 Å². The summed E-state index contributed by atoms with van der Waals surface area (Å²) in [5, 5.41) is 21.0. The van der Waals surface area contributed by atoms with Gasteiger partial charge in [0.05, 0.1) is 0 Å². The third-order valence-electron chi connectivity index (χ3n) is 4.98. The number of hydrogen-bond donors (Lipinski definition) is 2. The summed E-state index contributed by atoms with van der Waals surface area (Å²) in [6.45, 7) is 0. The smallest absolute Gasteiger partial charge is 0.190 e. The van der Waals surface area contributed by atoms with E-state index in [1.165, 1.54) is 6.42 Å². The summed E-state index contributed by atoms with van der Waals surface area (Å²) in [6, 6.07) is 9.23. The van der Waals surface area contributed by atoms with Gasteiger partial charge < -0.3 is 24.4 Å². The number of fused-ring (bicyclic) bond motifs is 1. The molecule has 0 radical (unpaired) electrons. The molecular weight excluding hydrogens is 284 g/mol. The molecule has 2 saturated heterocycles. The lowest BCUT2D eigenvalue weighted by Gasteiger charge is -2.34. The molecular formula is C17H22O5. The number of rotatable bonds is 2. The topological polar surface area (TPSA) is 68.2 Å². The summed E-state index contributed by atoms with van der Waals surface area (Å²) in [6.07, 6.45) is 1.44. The van der Waals surface area contributed by atoms with Gasteiger partial charge in [-0.3, -0.25) is 0 Å². The highest BCUT2D eigenvalue weighted by atomic mass is 16.8. The first-order valence-electron chi connectivity index (χ1n) is 8.11. The van der Waals surface area contributed by atoms with Gasteiger partial charge in [0.2, 0.25) is 0 Å². The van der Waals surface area contributed by atoms with Crippen LogP contribution in [-0.2, 0) is 14.2 Å². The van der Waals surface area contributed by atoms with E-state index >= 15 is 0 Å². The van der Waals surface area contributed by atoms with Gasteiger partial charge >= 0.3 is 0 Å². The van der Waals surface area contributed by atoms with Crippen LogP contribution in [-0.4, -0.2) is 40.6 Å². The van der Waals surface area contributed by atoms with Crippen LogP contribution < -0.4 is 0 Å². The van der Waals surface area contributed by atoms with Crippen molar-refractivity contribution in [3.8, 4) is 0 Å². The first-order chi connectivity index (χ1) is 10.7. The molecule has 1 aromatic rings. The van der Waals surface area contributed by atoms with E-state index in [0.717, 1.165) is 31.2 Å². The zero-order valence-corrected chi connectivity index (χ0v) is 12.4. The average molecular weight is 306 g/mol. The Morgan fingerprint density at radius 3 is 2.45 bits per heavy atom. The van der Waals surface area contributed by atoms with E-state index in [1.54, 1.807) is 0 Å². The summed E-state index contributed by atoms with van der Waals surface area (Å²) in [5.74, 6) is -0.586. The first-order valence-corrected chi connectivity index (χ1v) is 8.11.